The Morgan fingerprint density at radius 3 is 3.09 bits per heavy atom. The molecule has 0 spiro atoms. The van der Waals surface area contributed by atoms with Crippen molar-refractivity contribution in [1.82, 2.24) is 9.88 Å². The third kappa shape index (κ3) is 1.58. The molecule has 0 aromatic carbocycles. The van der Waals surface area contributed by atoms with Crippen molar-refractivity contribution in [2.45, 2.75) is 12.6 Å². The lowest BCUT2D eigenvalue weighted by Gasteiger charge is -2.36. The maximum absolute atomic E-state index is 5.64. The van der Waals surface area contributed by atoms with Crippen molar-refractivity contribution in [3.8, 4) is 0 Å². The van der Waals surface area contributed by atoms with Crippen LogP contribution in [0.5, 0.6) is 0 Å². The van der Waals surface area contributed by atoms with Gasteiger partial charge in [0, 0.05) is 31.1 Å². The molecule has 1 aliphatic rings. The predicted octanol–water partition coefficient (Wildman–Crippen LogP) is 0.286. The Morgan fingerprint density at radius 2 is 2.55 bits per heavy atom. The van der Waals surface area contributed by atoms with Crippen molar-refractivity contribution in [1.29, 1.82) is 0 Å². The molecule has 4 heteroatoms. The predicted molar refractivity (Wildman–Crippen MR) is 45.4 cm³/mol. The summed E-state index contributed by atoms with van der Waals surface area (Å²) in [5.74, 6) is 0. The maximum atomic E-state index is 5.64. The van der Waals surface area contributed by atoms with E-state index >= 15 is 0 Å². The Bertz CT molecular complexity index is 216. The van der Waals surface area contributed by atoms with E-state index in [0.717, 1.165) is 19.6 Å². The third-order valence-corrected chi connectivity index (χ3v) is 2.49. The number of nitrogens with two attached hydrogens (primary N) is 1. The third-order valence-electron chi connectivity index (χ3n) is 1.85. The fourth-order valence-corrected chi connectivity index (χ4v) is 1.83. The molecule has 0 bridgehead atoms. The molecule has 2 heterocycles. The number of hydrogen-bond acceptors (Lipinski definition) is 4. The summed E-state index contributed by atoms with van der Waals surface area (Å²) < 4.78 is 0. The molecule has 0 aliphatic carbocycles. The van der Waals surface area contributed by atoms with Crippen molar-refractivity contribution in [2.75, 3.05) is 13.1 Å². The molecule has 1 fully saturated rings. The minimum Gasteiger partial charge on any atom is -0.325 e. The average Bonchev–Trinajstić information content (AvgIpc) is 2.36. The van der Waals surface area contributed by atoms with Crippen molar-refractivity contribution >= 4 is 11.3 Å². The molecular weight excluding hydrogens is 158 g/mol. The molecule has 11 heavy (non-hydrogen) atoms. The molecule has 1 aromatic rings. The van der Waals surface area contributed by atoms with Crippen LogP contribution in [0.15, 0.2) is 10.9 Å². The lowest BCUT2D eigenvalue weighted by atomic mass is 10.1. The van der Waals surface area contributed by atoms with Crippen LogP contribution in [0.1, 0.15) is 5.69 Å². The summed E-state index contributed by atoms with van der Waals surface area (Å²) in [6.45, 7) is 3.02. The molecule has 2 rings (SSSR count). The number of hydrogen-bond donors (Lipinski definition) is 1. The van der Waals surface area contributed by atoms with Gasteiger partial charge < -0.3 is 5.73 Å². The first kappa shape index (κ1) is 7.21. The zero-order valence-electron chi connectivity index (χ0n) is 6.23. The fraction of sp³-hybridized carbons (Fsp3) is 0.571. The van der Waals surface area contributed by atoms with E-state index in [9.17, 15) is 0 Å². The van der Waals surface area contributed by atoms with Gasteiger partial charge in [0.15, 0.2) is 0 Å². The van der Waals surface area contributed by atoms with E-state index in [1.165, 1.54) is 5.69 Å². The first-order chi connectivity index (χ1) is 5.34. The number of likely N-dealkylation sites (tertiary alicyclic amines) is 1. The molecule has 2 N–H and O–H groups in total. The molecule has 1 saturated heterocycles. The van der Waals surface area contributed by atoms with Crippen LogP contribution in [0.3, 0.4) is 0 Å². The number of rotatable bonds is 2. The van der Waals surface area contributed by atoms with Gasteiger partial charge >= 0.3 is 0 Å². The zero-order valence-corrected chi connectivity index (χ0v) is 7.05. The quantitative estimate of drug-likeness (QED) is 0.691. The van der Waals surface area contributed by atoms with Gasteiger partial charge in [0.25, 0.3) is 0 Å². The summed E-state index contributed by atoms with van der Waals surface area (Å²) in [6, 6.07) is 0.397. The van der Waals surface area contributed by atoms with Crippen LogP contribution < -0.4 is 5.73 Å². The van der Waals surface area contributed by atoms with Crippen molar-refractivity contribution in [3.63, 3.8) is 0 Å². The summed E-state index contributed by atoms with van der Waals surface area (Å²) in [5, 5.41) is 2.09. The SMILES string of the molecule is NC1CN(Cc2cscn2)C1. The highest BCUT2D eigenvalue weighted by Gasteiger charge is 2.22. The van der Waals surface area contributed by atoms with Crippen molar-refractivity contribution in [2.24, 2.45) is 5.73 Å². The van der Waals surface area contributed by atoms with Crippen LogP contribution in [0.2, 0.25) is 0 Å². The van der Waals surface area contributed by atoms with Crippen LogP contribution in [-0.2, 0) is 6.54 Å². The standard InChI is InChI=1S/C7H11N3S/c8-6-1-10(2-6)3-7-4-11-5-9-7/h4-6H,1-3,8H2. The molecule has 0 radical (unpaired) electrons. The van der Waals surface area contributed by atoms with Gasteiger partial charge in [-0.25, -0.2) is 4.98 Å². The zero-order chi connectivity index (χ0) is 7.68. The molecule has 60 valence electrons. The number of thiazole rings is 1. The van der Waals surface area contributed by atoms with Crippen molar-refractivity contribution in [3.05, 3.63) is 16.6 Å². The fourth-order valence-electron chi connectivity index (χ4n) is 1.28. The Kier molecular flexibility index (Phi) is 1.89. The second-order valence-corrected chi connectivity index (χ2v) is 3.65. The van der Waals surface area contributed by atoms with E-state index in [1.54, 1.807) is 11.3 Å². The monoisotopic (exact) mass is 169 g/mol. The van der Waals surface area contributed by atoms with Gasteiger partial charge in [-0.3, -0.25) is 4.90 Å². The Morgan fingerprint density at radius 1 is 1.73 bits per heavy atom. The molecule has 1 aliphatic heterocycles. The summed E-state index contributed by atoms with van der Waals surface area (Å²) in [7, 11) is 0. The Labute approximate surface area is 69.8 Å². The Hall–Kier alpha value is -0.450. The molecular formula is C7H11N3S. The van der Waals surface area contributed by atoms with Gasteiger partial charge in [-0.1, -0.05) is 0 Å². The lowest BCUT2D eigenvalue weighted by molar-refractivity contribution is 0.141. The smallest absolute Gasteiger partial charge is 0.0795 e. The van der Waals surface area contributed by atoms with Crippen LogP contribution in [0.4, 0.5) is 0 Å². The van der Waals surface area contributed by atoms with Gasteiger partial charge in [-0.15, -0.1) is 11.3 Å². The first-order valence-electron chi connectivity index (χ1n) is 3.69. The molecule has 3 nitrogen and oxygen atoms in total. The maximum Gasteiger partial charge on any atom is 0.0795 e. The average molecular weight is 169 g/mol. The normalized spacial score (nSPS) is 20.1. The van der Waals surface area contributed by atoms with Gasteiger partial charge in [-0.2, -0.15) is 0 Å². The summed E-state index contributed by atoms with van der Waals surface area (Å²) >= 11 is 1.65. The highest BCUT2D eigenvalue weighted by atomic mass is 32.1. The first-order valence-corrected chi connectivity index (χ1v) is 4.64. The molecule has 0 atom stereocenters. The molecule has 1 aromatic heterocycles. The van der Waals surface area contributed by atoms with Crippen LogP contribution in [-0.4, -0.2) is 29.0 Å². The summed E-state index contributed by atoms with van der Waals surface area (Å²) in [4.78, 5) is 6.50. The van der Waals surface area contributed by atoms with E-state index in [1.807, 2.05) is 5.51 Å². The van der Waals surface area contributed by atoms with Crippen LogP contribution in [0.25, 0.3) is 0 Å². The van der Waals surface area contributed by atoms with E-state index in [4.69, 9.17) is 5.73 Å². The van der Waals surface area contributed by atoms with Gasteiger partial charge in [0.2, 0.25) is 0 Å². The van der Waals surface area contributed by atoms with E-state index < -0.39 is 0 Å². The largest absolute Gasteiger partial charge is 0.325 e. The molecule has 0 unspecified atom stereocenters. The van der Waals surface area contributed by atoms with Gasteiger partial charge in [0.1, 0.15) is 0 Å². The number of aromatic nitrogens is 1. The number of nitrogens with zero attached hydrogens (tertiary/aromatic N) is 2. The topological polar surface area (TPSA) is 42.1 Å². The summed E-state index contributed by atoms with van der Waals surface area (Å²) in [6.07, 6.45) is 0. The van der Waals surface area contributed by atoms with Crippen LogP contribution in [0, 0.1) is 0 Å². The van der Waals surface area contributed by atoms with E-state index in [2.05, 4.69) is 15.3 Å². The minimum absolute atomic E-state index is 0.397. The highest BCUT2D eigenvalue weighted by Crippen LogP contribution is 2.11. The summed E-state index contributed by atoms with van der Waals surface area (Å²) in [5.41, 5.74) is 8.68. The highest BCUT2D eigenvalue weighted by molar-refractivity contribution is 7.07. The van der Waals surface area contributed by atoms with Crippen LogP contribution >= 0.6 is 11.3 Å². The van der Waals surface area contributed by atoms with Crippen molar-refractivity contribution < 1.29 is 0 Å². The van der Waals surface area contributed by atoms with E-state index in [-0.39, 0.29) is 0 Å². The molecule has 0 amide bonds. The Balaban J connectivity index is 1.84. The minimum atomic E-state index is 0.397. The lowest BCUT2D eigenvalue weighted by Crippen LogP contribution is -2.54. The second kappa shape index (κ2) is 2.89. The molecule has 0 saturated carbocycles. The van der Waals surface area contributed by atoms with E-state index in [0.29, 0.717) is 6.04 Å². The van der Waals surface area contributed by atoms with Gasteiger partial charge in [-0.05, 0) is 0 Å². The van der Waals surface area contributed by atoms with Gasteiger partial charge in [0.05, 0.1) is 11.2 Å². The second-order valence-electron chi connectivity index (χ2n) is 2.93.